The second kappa shape index (κ2) is 6.29. The smallest absolute Gasteiger partial charge is 0.326 e. The van der Waals surface area contributed by atoms with E-state index in [0.29, 0.717) is 11.0 Å². The number of esters is 2. The molecule has 8 nitrogen and oxygen atoms in total. The van der Waals surface area contributed by atoms with Crippen molar-refractivity contribution in [1.82, 2.24) is 19.7 Å². The Morgan fingerprint density at radius 2 is 1.81 bits per heavy atom. The third-order valence-corrected chi connectivity index (χ3v) is 2.88. The van der Waals surface area contributed by atoms with Crippen LogP contribution in [0.5, 0.6) is 0 Å². The lowest BCUT2D eigenvalue weighted by Gasteiger charge is -2.14. The van der Waals surface area contributed by atoms with Crippen LogP contribution in [-0.2, 0) is 26.1 Å². The Morgan fingerprint density at radius 3 is 2.38 bits per heavy atom. The van der Waals surface area contributed by atoms with Gasteiger partial charge in [-0.15, -0.1) is 0 Å². The first kappa shape index (κ1) is 14.9. The molecule has 8 heteroatoms. The Balaban J connectivity index is 2.52. The van der Waals surface area contributed by atoms with Gasteiger partial charge in [-0.2, -0.15) is 5.10 Å². The van der Waals surface area contributed by atoms with Gasteiger partial charge >= 0.3 is 11.9 Å². The molecule has 2 heterocycles. The minimum absolute atomic E-state index is 0.163. The first-order valence-corrected chi connectivity index (χ1v) is 6.56. The van der Waals surface area contributed by atoms with Crippen LogP contribution in [0.2, 0.25) is 0 Å². The Kier molecular flexibility index (Phi) is 4.46. The van der Waals surface area contributed by atoms with E-state index in [-0.39, 0.29) is 18.9 Å². The van der Waals surface area contributed by atoms with E-state index in [0.717, 1.165) is 0 Å². The van der Waals surface area contributed by atoms with Crippen molar-refractivity contribution in [1.29, 1.82) is 0 Å². The zero-order chi connectivity index (χ0) is 15.4. The molecule has 0 radical (unpaired) electrons. The molecule has 0 aliphatic heterocycles. The summed E-state index contributed by atoms with van der Waals surface area (Å²) in [5, 5.41) is 4.58. The third-order valence-electron chi connectivity index (χ3n) is 2.88. The largest absolute Gasteiger partial charge is 0.465 e. The average Bonchev–Trinajstić information content (AvgIpc) is 2.82. The van der Waals surface area contributed by atoms with Gasteiger partial charge in [0.1, 0.15) is 6.33 Å². The summed E-state index contributed by atoms with van der Waals surface area (Å²) in [5.74, 6) is -2.63. The third kappa shape index (κ3) is 2.83. The predicted octanol–water partition coefficient (Wildman–Crippen LogP) is 0.573. The minimum Gasteiger partial charge on any atom is -0.465 e. The summed E-state index contributed by atoms with van der Waals surface area (Å²) in [6.45, 7) is 3.66. The van der Waals surface area contributed by atoms with Gasteiger partial charge in [-0.25, -0.2) is 9.97 Å². The van der Waals surface area contributed by atoms with E-state index in [1.807, 2.05) is 0 Å². The molecular weight excluding hydrogens is 276 g/mol. The second-order valence-electron chi connectivity index (χ2n) is 4.20. The van der Waals surface area contributed by atoms with Crippen LogP contribution in [0.25, 0.3) is 11.0 Å². The van der Waals surface area contributed by atoms with Gasteiger partial charge < -0.3 is 9.47 Å². The molecule has 0 aliphatic carbocycles. The highest BCUT2D eigenvalue weighted by Gasteiger charge is 2.34. The van der Waals surface area contributed by atoms with Gasteiger partial charge in [0.15, 0.2) is 11.6 Å². The molecule has 21 heavy (non-hydrogen) atoms. The van der Waals surface area contributed by atoms with Gasteiger partial charge in [-0.05, 0) is 13.8 Å². The van der Waals surface area contributed by atoms with Crippen molar-refractivity contribution in [2.24, 2.45) is 7.05 Å². The number of hydrogen-bond donors (Lipinski definition) is 0. The second-order valence-corrected chi connectivity index (χ2v) is 4.20. The van der Waals surface area contributed by atoms with E-state index in [4.69, 9.17) is 9.47 Å². The molecule has 0 bridgehead atoms. The quantitative estimate of drug-likeness (QED) is 0.587. The van der Waals surface area contributed by atoms with Crippen LogP contribution in [0.3, 0.4) is 0 Å². The molecule has 0 atom stereocenters. The molecule has 2 rings (SSSR count). The Morgan fingerprint density at radius 1 is 1.19 bits per heavy atom. The summed E-state index contributed by atoms with van der Waals surface area (Å²) in [4.78, 5) is 32.3. The number of fused-ring (bicyclic) bond motifs is 1. The molecule has 0 saturated carbocycles. The molecule has 0 N–H and O–H groups in total. The number of rotatable bonds is 5. The van der Waals surface area contributed by atoms with E-state index in [2.05, 4.69) is 15.1 Å². The standard InChI is InChI=1S/C13H16N4O4/c1-4-20-12(18)9(13(19)21-5-2)10-8-6-16-17(3)11(8)15-7-14-10/h6-7,9H,4-5H2,1-3H3. The molecule has 0 aliphatic rings. The van der Waals surface area contributed by atoms with Gasteiger partial charge in [0.2, 0.25) is 0 Å². The number of hydrogen-bond acceptors (Lipinski definition) is 7. The van der Waals surface area contributed by atoms with Crippen molar-refractivity contribution in [2.45, 2.75) is 19.8 Å². The van der Waals surface area contributed by atoms with Crippen molar-refractivity contribution >= 4 is 23.0 Å². The fraction of sp³-hybridized carbons (Fsp3) is 0.462. The maximum atomic E-state index is 12.1. The molecule has 0 unspecified atom stereocenters. The Labute approximate surface area is 121 Å². The van der Waals surface area contributed by atoms with Gasteiger partial charge in [0, 0.05) is 7.05 Å². The first-order chi connectivity index (χ1) is 10.1. The first-order valence-electron chi connectivity index (χ1n) is 6.56. The molecule has 0 fully saturated rings. The lowest BCUT2D eigenvalue weighted by molar-refractivity contribution is -0.157. The highest BCUT2D eigenvalue weighted by molar-refractivity contribution is 6.03. The number of aryl methyl sites for hydroxylation is 1. The van der Waals surface area contributed by atoms with Crippen molar-refractivity contribution in [3.8, 4) is 0 Å². The summed E-state index contributed by atoms with van der Waals surface area (Å²) in [7, 11) is 1.71. The maximum absolute atomic E-state index is 12.1. The highest BCUT2D eigenvalue weighted by atomic mass is 16.6. The van der Waals surface area contributed by atoms with E-state index in [9.17, 15) is 9.59 Å². The summed E-state index contributed by atoms with van der Waals surface area (Å²) < 4.78 is 11.4. The van der Waals surface area contributed by atoms with Crippen LogP contribution in [-0.4, -0.2) is 44.9 Å². The van der Waals surface area contributed by atoms with Crippen molar-refractivity contribution in [2.75, 3.05) is 13.2 Å². The number of ether oxygens (including phenoxy) is 2. The van der Waals surface area contributed by atoms with E-state index < -0.39 is 17.9 Å². The normalized spacial score (nSPS) is 10.9. The monoisotopic (exact) mass is 292 g/mol. The van der Waals surface area contributed by atoms with Gasteiger partial charge in [-0.3, -0.25) is 14.3 Å². The zero-order valence-electron chi connectivity index (χ0n) is 12.1. The molecule has 0 spiro atoms. The molecule has 0 aromatic carbocycles. The fourth-order valence-electron chi connectivity index (χ4n) is 1.98. The SMILES string of the molecule is CCOC(=O)C(C(=O)OCC)c1ncnc2c1cnn2C. The van der Waals surface area contributed by atoms with Crippen LogP contribution in [0.4, 0.5) is 0 Å². The molecule has 2 aromatic rings. The van der Waals surface area contributed by atoms with E-state index in [1.165, 1.54) is 17.2 Å². The summed E-state index contributed by atoms with van der Waals surface area (Å²) in [6.07, 6.45) is 2.79. The molecule has 2 aromatic heterocycles. The number of nitrogens with zero attached hydrogens (tertiary/aromatic N) is 4. The average molecular weight is 292 g/mol. The molecular formula is C13H16N4O4. The fourth-order valence-corrected chi connectivity index (χ4v) is 1.98. The Bertz CT molecular complexity index is 649. The maximum Gasteiger partial charge on any atom is 0.326 e. The number of carbonyl (C=O) groups is 2. The topological polar surface area (TPSA) is 96.2 Å². The zero-order valence-corrected chi connectivity index (χ0v) is 12.1. The predicted molar refractivity (Wildman–Crippen MR) is 72.3 cm³/mol. The number of aromatic nitrogens is 4. The van der Waals surface area contributed by atoms with Gasteiger partial charge in [0.05, 0.1) is 30.5 Å². The van der Waals surface area contributed by atoms with Crippen LogP contribution in [0, 0.1) is 0 Å². The molecule has 0 amide bonds. The molecule has 112 valence electrons. The van der Waals surface area contributed by atoms with Crippen molar-refractivity contribution in [3.05, 3.63) is 18.2 Å². The van der Waals surface area contributed by atoms with Crippen LogP contribution < -0.4 is 0 Å². The van der Waals surface area contributed by atoms with Crippen LogP contribution in [0.1, 0.15) is 25.5 Å². The summed E-state index contributed by atoms with van der Waals surface area (Å²) in [6, 6.07) is 0. The lowest BCUT2D eigenvalue weighted by atomic mass is 10.0. The summed E-state index contributed by atoms with van der Waals surface area (Å²) >= 11 is 0. The Hall–Kier alpha value is -2.51. The van der Waals surface area contributed by atoms with E-state index in [1.54, 1.807) is 20.9 Å². The lowest BCUT2D eigenvalue weighted by Crippen LogP contribution is -2.27. The summed E-state index contributed by atoms with van der Waals surface area (Å²) in [5.41, 5.74) is 0.767. The van der Waals surface area contributed by atoms with E-state index >= 15 is 0 Å². The van der Waals surface area contributed by atoms with Gasteiger partial charge in [0.25, 0.3) is 0 Å². The van der Waals surface area contributed by atoms with Crippen LogP contribution >= 0.6 is 0 Å². The molecule has 0 saturated heterocycles. The van der Waals surface area contributed by atoms with Crippen LogP contribution in [0.15, 0.2) is 12.5 Å². The highest BCUT2D eigenvalue weighted by Crippen LogP contribution is 2.24. The van der Waals surface area contributed by atoms with Crippen molar-refractivity contribution < 1.29 is 19.1 Å². The van der Waals surface area contributed by atoms with Gasteiger partial charge in [-0.1, -0.05) is 0 Å². The minimum atomic E-state index is -1.24. The van der Waals surface area contributed by atoms with Crippen molar-refractivity contribution in [3.63, 3.8) is 0 Å². The number of carbonyl (C=O) groups excluding carboxylic acids is 2.